The highest BCUT2D eigenvalue weighted by molar-refractivity contribution is 6.83. The molecule has 2 atom stereocenters. The number of hydrogen-bond acceptors (Lipinski definition) is 0. The summed E-state index contributed by atoms with van der Waals surface area (Å²) in [6, 6.07) is 0. The molecule has 0 aromatic carbocycles. The van der Waals surface area contributed by atoms with Gasteiger partial charge in [0.2, 0.25) is 0 Å². The first-order valence-electron chi connectivity index (χ1n) is 5.42. The fraction of sp³-hybridized carbons (Fsp3) is 0.538. The topological polar surface area (TPSA) is 0 Å². The zero-order chi connectivity index (χ0) is 11.6. The summed E-state index contributed by atoms with van der Waals surface area (Å²) in [7, 11) is -1.41. The molecule has 1 aliphatic carbocycles. The van der Waals surface area contributed by atoms with Gasteiger partial charge < -0.3 is 0 Å². The highest BCUT2D eigenvalue weighted by Crippen LogP contribution is 2.27. The lowest BCUT2D eigenvalue weighted by Crippen LogP contribution is -2.16. The van der Waals surface area contributed by atoms with Crippen LogP contribution in [0.2, 0.25) is 19.6 Å². The summed E-state index contributed by atoms with van der Waals surface area (Å²) >= 11 is 0. The van der Waals surface area contributed by atoms with E-state index in [0.717, 1.165) is 0 Å². The Morgan fingerprint density at radius 2 is 1.67 bits per heavy atom. The molecule has 0 heterocycles. The Kier molecular flexibility index (Phi) is 3.57. The number of halogens is 1. The lowest BCUT2D eigenvalue weighted by Gasteiger charge is -2.18. The highest BCUT2D eigenvalue weighted by atomic mass is 28.3. The first-order valence-corrected chi connectivity index (χ1v) is 8.92. The molecule has 0 bridgehead atoms. The molecule has 2 unspecified atom stereocenters. The maximum Gasteiger partial charge on any atom is 0.134 e. The zero-order valence-corrected chi connectivity index (χ0v) is 11.2. The second kappa shape index (κ2) is 4.36. The second-order valence-electron chi connectivity index (χ2n) is 5.31. The summed E-state index contributed by atoms with van der Waals surface area (Å²) in [6.07, 6.45) is 3.63. The molecule has 82 valence electrons. The Bertz CT molecular complexity index is 360. The Morgan fingerprint density at radius 1 is 1.13 bits per heavy atom. The van der Waals surface area contributed by atoms with Crippen LogP contribution < -0.4 is 0 Å². The van der Waals surface area contributed by atoms with Gasteiger partial charge in [-0.15, -0.1) is 5.54 Å². The van der Waals surface area contributed by atoms with Gasteiger partial charge in [0, 0.05) is 0 Å². The van der Waals surface area contributed by atoms with Crippen molar-refractivity contribution in [3.63, 3.8) is 0 Å². The molecule has 0 saturated heterocycles. The van der Waals surface area contributed by atoms with Gasteiger partial charge in [0.1, 0.15) is 13.9 Å². The number of rotatable bonds is 0. The SMILES string of the molecule is CC1C=C(F)C(C#C[Si](C)(C)C)=CC1C. The molecule has 0 amide bonds. The van der Waals surface area contributed by atoms with Crippen LogP contribution in [0.4, 0.5) is 4.39 Å². The summed E-state index contributed by atoms with van der Waals surface area (Å²) < 4.78 is 13.6. The maximum atomic E-state index is 13.6. The van der Waals surface area contributed by atoms with E-state index in [2.05, 4.69) is 38.0 Å². The summed E-state index contributed by atoms with van der Waals surface area (Å²) in [5, 5.41) is 0. The monoisotopic (exact) mass is 222 g/mol. The van der Waals surface area contributed by atoms with Crippen molar-refractivity contribution in [1.29, 1.82) is 0 Å². The molecule has 2 heteroatoms. The minimum Gasteiger partial charge on any atom is -0.206 e. The average Bonchev–Trinajstić information content (AvgIpc) is 2.07. The predicted molar refractivity (Wildman–Crippen MR) is 66.7 cm³/mol. The first kappa shape index (κ1) is 12.3. The van der Waals surface area contributed by atoms with E-state index in [-0.39, 0.29) is 11.7 Å². The van der Waals surface area contributed by atoms with Crippen LogP contribution in [0.1, 0.15) is 13.8 Å². The van der Waals surface area contributed by atoms with Crippen LogP contribution in [0.3, 0.4) is 0 Å². The van der Waals surface area contributed by atoms with E-state index in [1.807, 2.05) is 13.0 Å². The van der Waals surface area contributed by atoms with Crippen LogP contribution >= 0.6 is 0 Å². The predicted octanol–water partition coefficient (Wildman–Crippen LogP) is 3.93. The molecule has 0 fully saturated rings. The smallest absolute Gasteiger partial charge is 0.134 e. The molecule has 1 rings (SSSR count). The fourth-order valence-electron chi connectivity index (χ4n) is 1.32. The third-order valence-electron chi connectivity index (χ3n) is 2.50. The van der Waals surface area contributed by atoms with Crippen molar-refractivity contribution in [3.05, 3.63) is 23.6 Å². The van der Waals surface area contributed by atoms with E-state index in [1.165, 1.54) is 0 Å². The molecule has 0 saturated carbocycles. The van der Waals surface area contributed by atoms with E-state index in [1.54, 1.807) is 6.08 Å². The standard InChI is InChI=1S/C13H19FSi/c1-10-8-12(6-7-15(3,4)5)13(14)9-11(10)2/h8-11H,1-5H3. The number of hydrogen-bond donors (Lipinski definition) is 0. The Balaban J connectivity index is 2.92. The van der Waals surface area contributed by atoms with Gasteiger partial charge in [-0.25, -0.2) is 4.39 Å². The molecular formula is C13H19FSi. The molecule has 1 aliphatic rings. The average molecular weight is 222 g/mol. The van der Waals surface area contributed by atoms with E-state index < -0.39 is 8.07 Å². The van der Waals surface area contributed by atoms with Crippen molar-refractivity contribution in [1.82, 2.24) is 0 Å². The molecular weight excluding hydrogens is 203 g/mol. The summed E-state index contributed by atoms with van der Waals surface area (Å²) in [5.74, 6) is 3.51. The maximum absolute atomic E-state index is 13.6. The van der Waals surface area contributed by atoms with Crippen molar-refractivity contribution in [2.45, 2.75) is 33.5 Å². The lowest BCUT2D eigenvalue weighted by atomic mass is 9.88. The van der Waals surface area contributed by atoms with Gasteiger partial charge >= 0.3 is 0 Å². The van der Waals surface area contributed by atoms with Crippen LogP contribution in [-0.2, 0) is 0 Å². The third kappa shape index (κ3) is 3.68. The van der Waals surface area contributed by atoms with Crippen LogP contribution in [0.5, 0.6) is 0 Å². The minimum atomic E-state index is -1.41. The molecule has 0 aromatic heterocycles. The van der Waals surface area contributed by atoms with Gasteiger partial charge in [0.15, 0.2) is 0 Å². The molecule has 0 nitrogen and oxygen atoms in total. The Hall–Kier alpha value is -0.813. The van der Waals surface area contributed by atoms with Crippen molar-refractivity contribution >= 4 is 8.07 Å². The quantitative estimate of drug-likeness (QED) is 0.430. The first-order chi connectivity index (χ1) is 6.79. The van der Waals surface area contributed by atoms with Gasteiger partial charge in [-0.05, 0) is 17.9 Å². The second-order valence-corrected chi connectivity index (χ2v) is 10.1. The van der Waals surface area contributed by atoms with Gasteiger partial charge in [-0.3, -0.25) is 0 Å². The lowest BCUT2D eigenvalue weighted by molar-refractivity contribution is 0.515. The fourth-order valence-corrected chi connectivity index (χ4v) is 1.83. The van der Waals surface area contributed by atoms with Crippen LogP contribution in [-0.4, -0.2) is 8.07 Å². The molecule has 0 aromatic rings. The Morgan fingerprint density at radius 3 is 2.20 bits per heavy atom. The van der Waals surface area contributed by atoms with Crippen LogP contribution in [0.15, 0.2) is 23.6 Å². The summed E-state index contributed by atoms with van der Waals surface area (Å²) in [4.78, 5) is 0. The largest absolute Gasteiger partial charge is 0.206 e. The molecule has 0 N–H and O–H groups in total. The van der Waals surface area contributed by atoms with Crippen LogP contribution in [0.25, 0.3) is 0 Å². The van der Waals surface area contributed by atoms with E-state index in [9.17, 15) is 4.39 Å². The zero-order valence-electron chi connectivity index (χ0n) is 10.2. The highest BCUT2D eigenvalue weighted by Gasteiger charge is 2.17. The van der Waals surface area contributed by atoms with Gasteiger partial charge in [-0.2, -0.15) is 0 Å². The Labute approximate surface area is 93.3 Å². The molecule has 0 radical (unpaired) electrons. The van der Waals surface area contributed by atoms with Gasteiger partial charge in [0.05, 0.1) is 5.57 Å². The van der Waals surface area contributed by atoms with E-state index >= 15 is 0 Å². The molecule has 15 heavy (non-hydrogen) atoms. The van der Waals surface area contributed by atoms with E-state index in [4.69, 9.17) is 0 Å². The van der Waals surface area contributed by atoms with Gasteiger partial charge in [0.25, 0.3) is 0 Å². The third-order valence-corrected chi connectivity index (χ3v) is 3.37. The van der Waals surface area contributed by atoms with Crippen molar-refractivity contribution in [3.8, 4) is 11.5 Å². The van der Waals surface area contributed by atoms with Crippen molar-refractivity contribution in [2.24, 2.45) is 11.8 Å². The molecule has 0 spiro atoms. The minimum absolute atomic E-state index is 0.147. The number of allylic oxidation sites excluding steroid dienone is 4. The molecule has 0 aliphatic heterocycles. The van der Waals surface area contributed by atoms with Crippen molar-refractivity contribution in [2.75, 3.05) is 0 Å². The van der Waals surface area contributed by atoms with E-state index in [0.29, 0.717) is 11.5 Å². The van der Waals surface area contributed by atoms with Gasteiger partial charge in [-0.1, -0.05) is 45.5 Å². The normalized spacial score (nSPS) is 26.3. The summed E-state index contributed by atoms with van der Waals surface area (Å²) in [5.41, 5.74) is 3.78. The van der Waals surface area contributed by atoms with Crippen molar-refractivity contribution < 1.29 is 4.39 Å². The summed E-state index contributed by atoms with van der Waals surface area (Å²) in [6.45, 7) is 10.6. The van der Waals surface area contributed by atoms with Crippen LogP contribution in [0, 0.1) is 23.3 Å².